The fraction of sp³-hybridized carbons (Fsp3) is 0.755. The number of carbonyl (C=O) groups is 5. The monoisotopic (exact) mass is 1200 g/mol. The van der Waals surface area contributed by atoms with Gasteiger partial charge in [-0.2, -0.15) is 4.31 Å². The van der Waals surface area contributed by atoms with E-state index in [9.17, 15) is 68.0 Å². The highest BCUT2D eigenvalue weighted by Crippen LogP contribution is 2.40. The molecule has 30 heteroatoms. The Kier molecular flexibility index (Phi) is 23.5. The van der Waals surface area contributed by atoms with E-state index >= 15 is 0 Å². The number of nitrogens with zero attached hydrogens (tertiary/aromatic N) is 3. The molecule has 2 unspecified atom stereocenters. The number of nitro benzene ring substituents is 1. The van der Waals surface area contributed by atoms with E-state index in [0.29, 0.717) is 0 Å². The van der Waals surface area contributed by atoms with Gasteiger partial charge in [0.15, 0.2) is 11.2 Å². The molecule has 4 rings (SSSR count). The molecule has 3 aliphatic rings. The van der Waals surface area contributed by atoms with Crippen LogP contribution in [0.4, 0.5) is 24.9 Å². The third kappa shape index (κ3) is 20.5. The summed E-state index contributed by atoms with van der Waals surface area (Å²) in [5.74, 6) is -2.83. The molecular weight excluding hydrogens is 1120 g/mol. The Balaban J connectivity index is 1.94. The van der Waals surface area contributed by atoms with Crippen LogP contribution in [0.2, 0.25) is 0 Å². The topological polar surface area (TPSA) is 409 Å². The van der Waals surface area contributed by atoms with Gasteiger partial charge in [-0.25, -0.2) is 27.6 Å². The van der Waals surface area contributed by atoms with E-state index in [1.807, 2.05) is 0 Å². The largest absolute Gasteiger partial charge is 0.491 e. The Hall–Kier alpha value is -5.70. The normalized spacial score (nSPS) is 26.9. The molecule has 1 aromatic rings. The lowest BCUT2D eigenvalue weighted by Crippen LogP contribution is -2.71. The number of aliphatic hydroxyl groups is 5. The van der Waals surface area contributed by atoms with Gasteiger partial charge in [-0.05, 0) is 128 Å². The molecule has 83 heavy (non-hydrogen) atoms. The minimum atomic E-state index is -4.79. The summed E-state index contributed by atoms with van der Waals surface area (Å²) in [7, 11) is -3.53. The van der Waals surface area contributed by atoms with E-state index in [0.717, 1.165) is 21.3 Å². The molecule has 1 saturated carbocycles. The van der Waals surface area contributed by atoms with Gasteiger partial charge in [-0.1, -0.05) is 12.1 Å². The zero-order valence-electron chi connectivity index (χ0n) is 49.8. The van der Waals surface area contributed by atoms with Crippen molar-refractivity contribution < 1.29 is 96.0 Å². The Morgan fingerprint density at radius 3 is 1.95 bits per heavy atom. The summed E-state index contributed by atoms with van der Waals surface area (Å²) in [6, 6.07) is -1.05. The van der Waals surface area contributed by atoms with Crippen LogP contribution in [-0.4, -0.2) is 213 Å². The minimum Gasteiger partial charge on any atom is -0.491 e. The molecular formula is C53H88N8O21S. The number of carbonyl (C=O) groups excluding carboxylic acids is 5. The Bertz CT molecular complexity index is 2560. The van der Waals surface area contributed by atoms with Crippen LogP contribution in [0.5, 0.6) is 0 Å². The number of benzene rings is 1. The zero-order valence-corrected chi connectivity index (χ0v) is 50.6. The van der Waals surface area contributed by atoms with Crippen LogP contribution in [0.1, 0.15) is 116 Å². The number of amides is 5. The van der Waals surface area contributed by atoms with E-state index in [-0.39, 0.29) is 38.1 Å². The van der Waals surface area contributed by atoms with Gasteiger partial charge in [-0.15, -0.1) is 0 Å². The molecule has 0 spiro atoms. The fourth-order valence-electron chi connectivity index (χ4n) is 9.59. The number of ether oxygens (including phenoxy) is 7. The van der Waals surface area contributed by atoms with Gasteiger partial charge in [0.2, 0.25) is 10.0 Å². The number of nitrogens with two attached hydrogens (primary N) is 1. The Morgan fingerprint density at radius 2 is 1.40 bits per heavy atom. The molecule has 1 aromatic carbocycles. The maximum Gasteiger partial charge on any atom is 0.410 e. The molecule has 1 saturated heterocycles. The van der Waals surface area contributed by atoms with Crippen LogP contribution in [0.15, 0.2) is 41.0 Å². The predicted molar refractivity (Wildman–Crippen MR) is 295 cm³/mol. The van der Waals surface area contributed by atoms with Gasteiger partial charge < -0.3 is 90.6 Å². The number of nitrogens with one attached hydrogen (secondary N) is 4. The number of likely N-dealkylation sites (N-methyl/N-ethyl adjacent to an activating group) is 1. The summed E-state index contributed by atoms with van der Waals surface area (Å²) >= 11 is 0. The lowest BCUT2D eigenvalue weighted by molar-refractivity contribution is -0.387. The number of hydrogen-bond donors (Lipinski definition) is 10. The van der Waals surface area contributed by atoms with Crippen molar-refractivity contribution in [3.05, 3.63) is 46.2 Å². The third-order valence-corrected chi connectivity index (χ3v) is 14.9. The average molecular weight is 1210 g/mol. The summed E-state index contributed by atoms with van der Waals surface area (Å²) in [5, 5.41) is 81.0. The SMILES string of the molecule is CN(C(=O)OC(C)(C)C)[C@@H]1[C@@H](O)[C@@H](O[C@H]2[C@H](NC(=O)[C@@H](O)CNC(=O)OC(C)(C)C)C[C@H](NC(=O)OC(C)(C)C)C([C@H]3OC(CN(CCCC(O)CN)S(=O)(=O)c4ccccc4[N+](=O)[O-])=CC[C@H]3NC(=O)OC(C)(C)C)[C@@H]2O)OC[C@]1(C)O. The van der Waals surface area contributed by atoms with Gasteiger partial charge in [0, 0.05) is 38.2 Å². The summed E-state index contributed by atoms with van der Waals surface area (Å²) < 4.78 is 71.3. The van der Waals surface area contributed by atoms with Gasteiger partial charge in [-0.3, -0.25) is 14.9 Å². The highest BCUT2D eigenvalue weighted by atomic mass is 32.2. The van der Waals surface area contributed by atoms with Crippen molar-refractivity contribution in [1.82, 2.24) is 30.5 Å². The maximum absolute atomic E-state index is 14.6. The van der Waals surface area contributed by atoms with Crippen molar-refractivity contribution in [2.24, 2.45) is 11.7 Å². The second-order valence-electron chi connectivity index (χ2n) is 25.1. The van der Waals surface area contributed by atoms with Crippen molar-refractivity contribution in [3.8, 4) is 0 Å². The molecule has 0 aromatic heterocycles. The highest BCUT2D eigenvalue weighted by Gasteiger charge is 2.57. The molecule has 2 fully saturated rings. The number of alkyl carbamates (subject to hydrolysis) is 3. The van der Waals surface area contributed by atoms with Crippen LogP contribution in [0, 0.1) is 16.0 Å². The highest BCUT2D eigenvalue weighted by molar-refractivity contribution is 7.89. The van der Waals surface area contributed by atoms with Crippen LogP contribution in [0.25, 0.3) is 0 Å². The first-order chi connectivity index (χ1) is 38.0. The first-order valence-electron chi connectivity index (χ1n) is 27.3. The number of nitro groups is 1. The van der Waals surface area contributed by atoms with Crippen molar-refractivity contribution in [1.29, 1.82) is 0 Å². The van der Waals surface area contributed by atoms with Crippen molar-refractivity contribution >= 4 is 46.0 Å². The van der Waals surface area contributed by atoms with Crippen molar-refractivity contribution in [3.63, 3.8) is 0 Å². The van der Waals surface area contributed by atoms with E-state index in [1.165, 1.54) is 32.2 Å². The first-order valence-corrected chi connectivity index (χ1v) is 28.7. The van der Waals surface area contributed by atoms with Crippen LogP contribution in [0.3, 0.4) is 0 Å². The number of sulfonamides is 1. The molecule has 13 atom stereocenters. The van der Waals surface area contributed by atoms with Crippen LogP contribution in [-0.2, 0) is 48.0 Å². The van der Waals surface area contributed by atoms with E-state index in [2.05, 4.69) is 21.3 Å². The Morgan fingerprint density at radius 1 is 0.843 bits per heavy atom. The minimum absolute atomic E-state index is 0.00217. The smallest absolute Gasteiger partial charge is 0.410 e. The van der Waals surface area contributed by atoms with Crippen LogP contribution >= 0.6 is 0 Å². The first kappa shape index (κ1) is 69.8. The lowest BCUT2D eigenvalue weighted by atomic mass is 9.72. The standard InChI is InChI=1S/C53H88N8O21S/c1-49(2,3)79-45(67)55-26-35(63)43(66)56-33-24-32(58-47(69)81-51(7,8)9)37(38(64)41(33)78-44-39(65)42(53(13,71)28-76-44)59(14)48(70)82-52(10,11)12)40-31(57-46(68)80-50(4,5)6)22-21-30(77-40)27-60(23-17-18-29(62)25-54)83(74,75)36-20-16-15-19-34(36)61(72)73/h15-16,19-21,29,31-33,35,37-42,44,62-65,71H,17-18,22-28,54H2,1-14H3,(H,55,67)(H,56,66)(H,57,68)(H,58,69)/t29?,31-,32+,33-,35+,37?,38+,39-,40+,41+,42-,44-,53+/m1/s1. The zero-order chi connectivity index (χ0) is 63.0. The van der Waals surface area contributed by atoms with Crippen LogP contribution < -0.4 is 27.0 Å². The van der Waals surface area contributed by atoms with Crippen molar-refractivity contribution in [2.75, 3.05) is 39.8 Å². The molecule has 2 heterocycles. The van der Waals surface area contributed by atoms with E-state index in [4.69, 9.17) is 38.9 Å². The van der Waals surface area contributed by atoms with E-state index < -0.39 is 183 Å². The summed E-state index contributed by atoms with van der Waals surface area (Å²) in [6.07, 6.45) is -15.5. The molecule has 0 radical (unpaired) electrons. The van der Waals surface area contributed by atoms with E-state index in [1.54, 1.807) is 83.1 Å². The second kappa shape index (κ2) is 28.0. The van der Waals surface area contributed by atoms with Gasteiger partial charge >= 0.3 is 24.4 Å². The van der Waals surface area contributed by atoms with Crippen molar-refractivity contribution in [2.45, 2.75) is 216 Å². The maximum atomic E-state index is 14.6. The molecule has 11 N–H and O–H groups in total. The van der Waals surface area contributed by atoms with Gasteiger partial charge in [0.05, 0.1) is 55.0 Å². The molecule has 29 nitrogen and oxygen atoms in total. The molecule has 472 valence electrons. The fourth-order valence-corrected chi connectivity index (χ4v) is 11.2. The molecule has 2 aliphatic heterocycles. The lowest BCUT2D eigenvalue weighted by Gasteiger charge is -2.52. The van der Waals surface area contributed by atoms with Gasteiger partial charge in [0.1, 0.15) is 58.2 Å². The van der Waals surface area contributed by atoms with Gasteiger partial charge in [0.25, 0.3) is 11.6 Å². The summed E-state index contributed by atoms with van der Waals surface area (Å²) in [5.41, 5.74) is -1.24. The quantitative estimate of drug-likeness (QED) is 0.0507. The number of para-hydroxylation sites is 1. The summed E-state index contributed by atoms with van der Waals surface area (Å²) in [4.78, 5) is 79.5. The summed E-state index contributed by atoms with van der Waals surface area (Å²) in [6.45, 7) is 17.9. The number of hydrogen-bond acceptors (Lipinski definition) is 22. The Labute approximate surface area is 484 Å². The number of rotatable bonds is 20. The third-order valence-electron chi connectivity index (χ3n) is 13.0. The predicted octanol–water partition coefficient (Wildman–Crippen LogP) is 1.98. The number of aliphatic hydroxyl groups excluding tert-OH is 4. The molecule has 0 bridgehead atoms. The second-order valence-corrected chi connectivity index (χ2v) is 27.0. The molecule has 1 aliphatic carbocycles. The average Bonchev–Trinajstić information content (AvgIpc) is 3.19. The molecule has 5 amide bonds.